The summed E-state index contributed by atoms with van der Waals surface area (Å²) in [6, 6.07) is 0. The van der Waals surface area contributed by atoms with Gasteiger partial charge in [0.25, 0.3) is 0 Å². The van der Waals surface area contributed by atoms with E-state index in [1.807, 2.05) is 7.05 Å². The summed E-state index contributed by atoms with van der Waals surface area (Å²) in [5, 5.41) is 6.87. The summed E-state index contributed by atoms with van der Waals surface area (Å²) >= 11 is 1.77. The van der Waals surface area contributed by atoms with Crippen molar-refractivity contribution in [3.63, 3.8) is 0 Å². The summed E-state index contributed by atoms with van der Waals surface area (Å²) in [7, 11) is 3.64. The van der Waals surface area contributed by atoms with E-state index in [4.69, 9.17) is 9.72 Å². The Labute approximate surface area is 148 Å². The molecule has 0 aliphatic carbocycles. The topological polar surface area (TPSA) is 53.0 Å². The largest absolute Gasteiger partial charge is 0.384 e. The van der Waals surface area contributed by atoms with Crippen LogP contribution in [0, 0.1) is 5.92 Å². The average Bonchev–Trinajstić information content (AvgIpc) is 3.32. The molecule has 7 heteroatoms. The molecule has 0 spiro atoms. The molecule has 0 bridgehead atoms. The van der Waals surface area contributed by atoms with E-state index < -0.39 is 0 Å². The van der Waals surface area contributed by atoms with Crippen molar-refractivity contribution in [2.45, 2.75) is 25.7 Å². The van der Waals surface area contributed by atoms with Crippen LogP contribution in [0.15, 0.2) is 10.4 Å². The molecule has 2 saturated heterocycles. The molecule has 2 fully saturated rings. The van der Waals surface area contributed by atoms with Crippen LogP contribution in [0.2, 0.25) is 0 Å². The fourth-order valence-electron chi connectivity index (χ4n) is 3.50. The highest BCUT2D eigenvalue weighted by Gasteiger charge is 2.24. The highest BCUT2D eigenvalue weighted by atomic mass is 32.1. The molecule has 1 atom stereocenters. The van der Waals surface area contributed by atoms with Gasteiger partial charge in [0.1, 0.15) is 0 Å². The first kappa shape index (κ1) is 17.5. The Hall–Kier alpha value is -1.34. The van der Waals surface area contributed by atoms with E-state index in [-0.39, 0.29) is 0 Å². The van der Waals surface area contributed by atoms with E-state index in [0.29, 0.717) is 5.92 Å². The monoisotopic (exact) mass is 351 g/mol. The average molecular weight is 352 g/mol. The minimum atomic E-state index is 0.620. The fraction of sp³-hybridized carbons (Fsp3) is 0.765. The predicted molar refractivity (Wildman–Crippen MR) is 100 cm³/mol. The third-order valence-electron chi connectivity index (χ3n) is 4.78. The number of guanidine groups is 1. The van der Waals surface area contributed by atoms with Crippen LogP contribution < -0.4 is 10.2 Å². The lowest BCUT2D eigenvalue weighted by molar-refractivity contribution is 0.157. The zero-order valence-corrected chi connectivity index (χ0v) is 15.6. The van der Waals surface area contributed by atoms with Crippen LogP contribution in [0.3, 0.4) is 0 Å². The van der Waals surface area contributed by atoms with Gasteiger partial charge < -0.3 is 19.9 Å². The van der Waals surface area contributed by atoms with Crippen LogP contribution in [-0.4, -0.2) is 69.3 Å². The molecule has 0 radical (unpaired) electrons. The Kier molecular flexibility index (Phi) is 6.31. The molecular weight excluding hydrogens is 322 g/mol. The zero-order valence-electron chi connectivity index (χ0n) is 14.8. The summed E-state index contributed by atoms with van der Waals surface area (Å²) in [5.74, 6) is 1.62. The Balaban J connectivity index is 1.43. The lowest BCUT2D eigenvalue weighted by atomic mass is 10.1. The van der Waals surface area contributed by atoms with Gasteiger partial charge in [0.15, 0.2) is 11.1 Å². The van der Waals surface area contributed by atoms with Crippen LogP contribution in [0.5, 0.6) is 0 Å². The van der Waals surface area contributed by atoms with E-state index in [9.17, 15) is 0 Å². The second kappa shape index (κ2) is 8.67. The van der Waals surface area contributed by atoms with Crippen LogP contribution >= 0.6 is 11.3 Å². The molecule has 3 heterocycles. The van der Waals surface area contributed by atoms with E-state index in [1.165, 1.54) is 30.1 Å². The molecule has 1 aromatic heterocycles. The molecule has 2 aliphatic rings. The number of likely N-dealkylation sites (tertiary alicyclic amines) is 1. The number of ether oxygens (including phenoxy) is 1. The highest BCUT2D eigenvalue weighted by Crippen LogP contribution is 2.24. The van der Waals surface area contributed by atoms with E-state index in [1.54, 1.807) is 18.4 Å². The van der Waals surface area contributed by atoms with Gasteiger partial charge in [0, 0.05) is 64.6 Å². The zero-order chi connectivity index (χ0) is 16.8. The van der Waals surface area contributed by atoms with E-state index >= 15 is 0 Å². The maximum absolute atomic E-state index is 5.27. The molecular formula is C17H29N5OS. The normalized spacial score (nSPS) is 21.8. The Bertz CT molecular complexity index is 541. The van der Waals surface area contributed by atoms with Crippen molar-refractivity contribution in [3.05, 3.63) is 11.1 Å². The van der Waals surface area contributed by atoms with Crippen LogP contribution in [-0.2, 0) is 11.2 Å². The molecule has 0 aromatic carbocycles. The number of aromatic nitrogens is 1. The maximum Gasteiger partial charge on any atom is 0.193 e. The number of rotatable bonds is 6. The van der Waals surface area contributed by atoms with Crippen molar-refractivity contribution in [1.82, 2.24) is 15.2 Å². The molecule has 0 amide bonds. The number of anilines is 1. The second-order valence-electron chi connectivity index (χ2n) is 6.60. The molecule has 134 valence electrons. The summed E-state index contributed by atoms with van der Waals surface area (Å²) in [6.07, 6.45) is 4.72. The highest BCUT2D eigenvalue weighted by molar-refractivity contribution is 7.13. The molecule has 1 unspecified atom stereocenters. The van der Waals surface area contributed by atoms with E-state index in [2.05, 4.69) is 25.5 Å². The molecule has 3 rings (SSSR count). The number of thiazole rings is 1. The van der Waals surface area contributed by atoms with Gasteiger partial charge in [-0.15, -0.1) is 11.3 Å². The molecule has 6 nitrogen and oxygen atoms in total. The maximum atomic E-state index is 5.27. The van der Waals surface area contributed by atoms with Crippen molar-refractivity contribution in [2.24, 2.45) is 10.9 Å². The van der Waals surface area contributed by atoms with Gasteiger partial charge in [-0.05, 0) is 19.3 Å². The van der Waals surface area contributed by atoms with Crippen molar-refractivity contribution < 1.29 is 4.74 Å². The smallest absolute Gasteiger partial charge is 0.193 e. The standard InChI is InChI=1S/C17H29N5OS/c1-18-16(22-10-6-14(11-22)12-23-2)19-7-5-15-13-24-17(20-15)21-8-3-4-9-21/h13-14H,3-12H2,1-2H3,(H,18,19). The molecule has 24 heavy (non-hydrogen) atoms. The molecule has 1 aromatic rings. The first-order chi connectivity index (χ1) is 11.8. The Morgan fingerprint density at radius 2 is 2.25 bits per heavy atom. The summed E-state index contributed by atoms with van der Waals surface area (Å²) in [5.41, 5.74) is 1.18. The van der Waals surface area contributed by atoms with Crippen molar-refractivity contribution in [3.8, 4) is 0 Å². The van der Waals surface area contributed by atoms with Crippen LogP contribution in [0.25, 0.3) is 0 Å². The summed E-state index contributed by atoms with van der Waals surface area (Å²) in [6.45, 7) is 6.13. The minimum Gasteiger partial charge on any atom is -0.384 e. The van der Waals surface area contributed by atoms with Gasteiger partial charge in [-0.3, -0.25) is 4.99 Å². The van der Waals surface area contributed by atoms with Crippen LogP contribution in [0.1, 0.15) is 25.0 Å². The first-order valence-electron chi connectivity index (χ1n) is 8.94. The van der Waals surface area contributed by atoms with Crippen molar-refractivity contribution >= 4 is 22.4 Å². The lowest BCUT2D eigenvalue weighted by Crippen LogP contribution is -2.41. The van der Waals surface area contributed by atoms with Gasteiger partial charge in [-0.2, -0.15) is 0 Å². The third-order valence-corrected chi connectivity index (χ3v) is 5.73. The number of hydrogen-bond acceptors (Lipinski definition) is 5. The SMILES string of the molecule is CN=C(NCCc1csc(N2CCCC2)n1)N1CCC(COC)C1. The van der Waals surface area contributed by atoms with Gasteiger partial charge in [-0.25, -0.2) is 4.98 Å². The van der Waals surface area contributed by atoms with Crippen molar-refractivity contribution in [2.75, 3.05) is 58.4 Å². The van der Waals surface area contributed by atoms with Gasteiger partial charge >= 0.3 is 0 Å². The number of nitrogens with zero attached hydrogens (tertiary/aromatic N) is 4. The lowest BCUT2D eigenvalue weighted by Gasteiger charge is -2.21. The fourth-order valence-corrected chi connectivity index (χ4v) is 4.41. The van der Waals surface area contributed by atoms with Crippen molar-refractivity contribution in [1.29, 1.82) is 0 Å². The minimum absolute atomic E-state index is 0.620. The second-order valence-corrected chi connectivity index (χ2v) is 7.43. The van der Waals surface area contributed by atoms with Gasteiger partial charge in [0.2, 0.25) is 0 Å². The van der Waals surface area contributed by atoms with Gasteiger partial charge in [0.05, 0.1) is 12.3 Å². The third kappa shape index (κ3) is 4.39. The summed E-state index contributed by atoms with van der Waals surface area (Å²) < 4.78 is 5.27. The Morgan fingerprint density at radius 3 is 3.00 bits per heavy atom. The number of hydrogen-bond donors (Lipinski definition) is 1. The van der Waals surface area contributed by atoms with Gasteiger partial charge in [-0.1, -0.05) is 0 Å². The van der Waals surface area contributed by atoms with Crippen LogP contribution in [0.4, 0.5) is 5.13 Å². The van der Waals surface area contributed by atoms with E-state index in [0.717, 1.165) is 51.7 Å². The number of methoxy groups -OCH3 is 1. The quantitative estimate of drug-likeness (QED) is 0.626. The first-order valence-corrected chi connectivity index (χ1v) is 9.82. The molecule has 1 N–H and O–H groups in total. The Morgan fingerprint density at radius 1 is 1.42 bits per heavy atom. The predicted octanol–water partition coefficient (Wildman–Crippen LogP) is 1.83. The number of nitrogens with one attached hydrogen (secondary N) is 1. The molecule has 2 aliphatic heterocycles. The number of aliphatic imine (C=N–C) groups is 1. The molecule has 0 saturated carbocycles. The summed E-state index contributed by atoms with van der Waals surface area (Å²) in [4.78, 5) is 13.9.